The summed E-state index contributed by atoms with van der Waals surface area (Å²) in [6.07, 6.45) is 1.76. The zero-order valence-corrected chi connectivity index (χ0v) is 14.8. The predicted octanol–water partition coefficient (Wildman–Crippen LogP) is 2.55. The molecule has 0 aliphatic rings. The van der Waals surface area contributed by atoms with Gasteiger partial charge in [-0.05, 0) is 38.1 Å². The van der Waals surface area contributed by atoms with Gasteiger partial charge in [-0.15, -0.1) is 0 Å². The molecule has 0 fully saturated rings. The number of fused-ring (bicyclic) bond motifs is 1. The third-order valence-electron chi connectivity index (χ3n) is 3.77. The van der Waals surface area contributed by atoms with Gasteiger partial charge in [0.05, 0.1) is 23.4 Å². The molecule has 136 valence electrons. The maximum absolute atomic E-state index is 12.1. The van der Waals surface area contributed by atoms with E-state index in [9.17, 15) is 9.59 Å². The lowest BCUT2D eigenvalue weighted by atomic mass is 10.3. The van der Waals surface area contributed by atoms with Crippen LogP contribution in [0.3, 0.4) is 0 Å². The first kappa shape index (κ1) is 17.7. The highest BCUT2D eigenvalue weighted by molar-refractivity contribution is 5.91. The molecule has 2 aromatic heterocycles. The van der Waals surface area contributed by atoms with Crippen LogP contribution in [-0.4, -0.2) is 34.1 Å². The van der Waals surface area contributed by atoms with E-state index in [0.717, 1.165) is 11.0 Å². The third-order valence-corrected chi connectivity index (χ3v) is 3.77. The van der Waals surface area contributed by atoms with Gasteiger partial charge in [-0.25, -0.2) is 4.98 Å². The molecule has 0 aliphatic heterocycles. The summed E-state index contributed by atoms with van der Waals surface area (Å²) < 4.78 is 12.1. The van der Waals surface area contributed by atoms with E-state index in [2.05, 4.69) is 10.3 Å². The molecule has 7 heteroatoms. The molecule has 0 atom stereocenters. The summed E-state index contributed by atoms with van der Waals surface area (Å²) in [6, 6.07) is 10.9. The van der Waals surface area contributed by atoms with Gasteiger partial charge in [0, 0.05) is 13.0 Å². The standard InChI is InChI=1S/C19H21N3O4/c1-13(2)26-18(23)12-22-15-7-4-3-6-14(15)21-17(22)9-10-20-19(24)16-8-5-11-25-16/h3-8,11,13H,9-10,12H2,1-2H3,(H,20,24). The molecule has 3 rings (SSSR count). The zero-order valence-electron chi connectivity index (χ0n) is 14.8. The average molecular weight is 355 g/mol. The van der Waals surface area contributed by atoms with Crippen molar-refractivity contribution in [1.29, 1.82) is 0 Å². The second-order valence-corrected chi connectivity index (χ2v) is 6.12. The van der Waals surface area contributed by atoms with Crippen molar-refractivity contribution in [3.63, 3.8) is 0 Å². The Bertz CT molecular complexity index is 897. The van der Waals surface area contributed by atoms with E-state index in [0.29, 0.717) is 18.8 Å². The Balaban J connectivity index is 1.73. The molecule has 0 saturated heterocycles. The number of carbonyl (C=O) groups is 2. The van der Waals surface area contributed by atoms with Crippen LogP contribution in [0.2, 0.25) is 0 Å². The van der Waals surface area contributed by atoms with Gasteiger partial charge < -0.3 is 19.0 Å². The van der Waals surface area contributed by atoms with Crippen molar-refractivity contribution in [2.45, 2.75) is 32.9 Å². The Kier molecular flexibility index (Phi) is 5.36. The zero-order chi connectivity index (χ0) is 18.5. The number of nitrogens with one attached hydrogen (secondary N) is 1. The largest absolute Gasteiger partial charge is 0.462 e. The Morgan fingerprint density at radius 1 is 1.23 bits per heavy atom. The maximum atomic E-state index is 12.1. The molecular weight excluding hydrogens is 334 g/mol. The fourth-order valence-electron chi connectivity index (χ4n) is 2.70. The molecule has 1 aromatic carbocycles. The van der Waals surface area contributed by atoms with E-state index in [1.54, 1.807) is 12.1 Å². The van der Waals surface area contributed by atoms with E-state index in [1.807, 2.05) is 42.7 Å². The molecule has 0 bridgehead atoms. The van der Waals surface area contributed by atoms with Crippen LogP contribution < -0.4 is 5.32 Å². The van der Waals surface area contributed by atoms with Crippen LogP contribution >= 0.6 is 0 Å². The number of carbonyl (C=O) groups excluding carboxylic acids is 2. The fraction of sp³-hybridized carbons (Fsp3) is 0.316. The second-order valence-electron chi connectivity index (χ2n) is 6.12. The number of hydrogen-bond acceptors (Lipinski definition) is 5. The van der Waals surface area contributed by atoms with Gasteiger partial charge in [-0.2, -0.15) is 0 Å². The maximum Gasteiger partial charge on any atom is 0.326 e. The summed E-state index contributed by atoms with van der Waals surface area (Å²) in [5.74, 6) is 0.381. The summed E-state index contributed by atoms with van der Waals surface area (Å²) in [5.41, 5.74) is 1.66. The number of benzene rings is 1. The number of imidazole rings is 1. The van der Waals surface area contributed by atoms with Crippen LogP contribution in [0.1, 0.15) is 30.2 Å². The lowest BCUT2D eigenvalue weighted by Crippen LogP contribution is -2.26. The quantitative estimate of drug-likeness (QED) is 0.658. The third kappa shape index (κ3) is 4.11. The van der Waals surface area contributed by atoms with Gasteiger partial charge >= 0.3 is 5.97 Å². The predicted molar refractivity (Wildman–Crippen MR) is 95.7 cm³/mol. The number of nitrogens with zero attached hydrogens (tertiary/aromatic N) is 2. The van der Waals surface area contributed by atoms with Crippen molar-refractivity contribution >= 4 is 22.9 Å². The molecule has 0 spiro atoms. The lowest BCUT2D eigenvalue weighted by Gasteiger charge is -2.11. The summed E-state index contributed by atoms with van der Waals surface area (Å²) in [5, 5.41) is 2.79. The number of aromatic nitrogens is 2. The molecule has 1 N–H and O–H groups in total. The van der Waals surface area contributed by atoms with E-state index < -0.39 is 0 Å². The normalized spacial score (nSPS) is 11.0. The number of furan rings is 1. The molecule has 2 heterocycles. The molecule has 0 unspecified atom stereocenters. The van der Waals surface area contributed by atoms with Crippen LogP contribution in [0.4, 0.5) is 0 Å². The number of hydrogen-bond donors (Lipinski definition) is 1. The minimum absolute atomic E-state index is 0.0835. The number of rotatable bonds is 7. The van der Waals surface area contributed by atoms with Gasteiger partial charge in [0.2, 0.25) is 0 Å². The first-order valence-electron chi connectivity index (χ1n) is 8.50. The molecule has 0 radical (unpaired) electrons. The second kappa shape index (κ2) is 7.86. The minimum atomic E-state index is -0.316. The fourth-order valence-corrected chi connectivity index (χ4v) is 2.70. The lowest BCUT2D eigenvalue weighted by molar-refractivity contribution is -0.148. The number of ether oxygens (including phenoxy) is 1. The molecule has 3 aromatic rings. The van der Waals surface area contributed by atoms with E-state index >= 15 is 0 Å². The first-order chi connectivity index (χ1) is 12.5. The topological polar surface area (TPSA) is 86.4 Å². The van der Waals surface area contributed by atoms with Crippen molar-refractivity contribution in [2.24, 2.45) is 0 Å². The molecular formula is C19H21N3O4. The van der Waals surface area contributed by atoms with Crippen molar-refractivity contribution in [1.82, 2.24) is 14.9 Å². The van der Waals surface area contributed by atoms with Crippen molar-refractivity contribution < 1.29 is 18.7 Å². The van der Waals surface area contributed by atoms with Crippen LogP contribution in [0.5, 0.6) is 0 Å². The van der Waals surface area contributed by atoms with Gasteiger partial charge in [-0.3, -0.25) is 9.59 Å². The highest BCUT2D eigenvalue weighted by Crippen LogP contribution is 2.16. The van der Waals surface area contributed by atoms with Gasteiger partial charge in [-0.1, -0.05) is 12.1 Å². The number of amides is 1. The average Bonchev–Trinajstić information content (AvgIpc) is 3.23. The van der Waals surface area contributed by atoms with Crippen LogP contribution in [0.15, 0.2) is 47.1 Å². The first-order valence-corrected chi connectivity index (χ1v) is 8.50. The summed E-state index contributed by atoms with van der Waals surface area (Å²) in [4.78, 5) is 28.6. The van der Waals surface area contributed by atoms with Gasteiger partial charge in [0.25, 0.3) is 5.91 Å². The Morgan fingerprint density at radius 2 is 2.04 bits per heavy atom. The number of para-hydroxylation sites is 2. The van der Waals surface area contributed by atoms with Crippen molar-refractivity contribution in [3.05, 3.63) is 54.2 Å². The Hall–Kier alpha value is -3.09. The molecule has 26 heavy (non-hydrogen) atoms. The van der Waals surface area contributed by atoms with Crippen LogP contribution in [-0.2, 0) is 22.5 Å². The molecule has 1 amide bonds. The van der Waals surface area contributed by atoms with Crippen molar-refractivity contribution in [2.75, 3.05) is 6.54 Å². The van der Waals surface area contributed by atoms with Crippen LogP contribution in [0, 0.1) is 0 Å². The minimum Gasteiger partial charge on any atom is -0.462 e. The number of esters is 1. The van der Waals surface area contributed by atoms with E-state index in [4.69, 9.17) is 9.15 Å². The van der Waals surface area contributed by atoms with Gasteiger partial charge in [0.15, 0.2) is 5.76 Å². The molecule has 0 saturated carbocycles. The Morgan fingerprint density at radius 3 is 2.77 bits per heavy atom. The molecule has 7 nitrogen and oxygen atoms in total. The van der Waals surface area contributed by atoms with Crippen LogP contribution in [0.25, 0.3) is 11.0 Å². The summed E-state index contributed by atoms with van der Waals surface area (Å²) in [6.45, 7) is 4.09. The Labute approximate surface area is 151 Å². The van der Waals surface area contributed by atoms with E-state index in [1.165, 1.54) is 6.26 Å². The monoisotopic (exact) mass is 355 g/mol. The highest BCUT2D eigenvalue weighted by atomic mass is 16.5. The highest BCUT2D eigenvalue weighted by Gasteiger charge is 2.15. The van der Waals surface area contributed by atoms with E-state index in [-0.39, 0.29) is 30.3 Å². The summed E-state index contributed by atoms with van der Waals surface area (Å²) in [7, 11) is 0. The summed E-state index contributed by atoms with van der Waals surface area (Å²) >= 11 is 0. The van der Waals surface area contributed by atoms with Gasteiger partial charge in [0.1, 0.15) is 12.4 Å². The SMILES string of the molecule is CC(C)OC(=O)Cn1c(CCNC(=O)c2ccco2)nc2ccccc21. The molecule has 0 aliphatic carbocycles. The smallest absolute Gasteiger partial charge is 0.326 e. The van der Waals surface area contributed by atoms with Crippen molar-refractivity contribution in [3.8, 4) is 0 Å².